The van der Waals surface area contributed by atoms with Gasteiger partial charge in [-0.3, -0.25) is 14.3 Å². The number of aromatic nitrogens is 3. The molecule has 3 heterocycles. The normalized spacial score (nSPS) is 14.0. The molecule has 0 aliphatic carbocycles. The van der Waals surface area contributed by atoms with E-state index in [2.05, 4.69) is 21.5 Å². The minimum Gasteiger partial charge on any atom is -0.394 e. The Hall–Kier alpha value is -3.91. The molecular formula is C28H31N5O3. The molecular weight excluding hydrogens is 454 g/mol. The molecule has 0 bridgehead atoms. The zero-order valence-electron chi connectivity index (χ0n) is 20.4. The van der Waals surface area contributed by atoms with E-state index in [1.165, 1.54) is 0 Å². The molecule has 3 N–H and O–H groups in total. The lowest BCUT2D eigenvalue weighted by atomic mass is 10.0. The van der Waals surface area contributed by atoms with Gasteiger partial charge in [-0.2, -0.15) is 5.10 Å². The molecule has 0 radical (unpaired) electrons. The van der Waals surface area contributed by atoms with Crippen LogP contribution in [0.3, 0.4) is 0 Å². The van der Waals surface area contributed by atoms with Crippen LogP contribution in [0.1, 0.15) is 52.3 Å². The molecule has 2 aromatic heterocycles. The third kappa shape index (κ3) is 4.77. The highest BCUT2D eigenvalue weighted by Crippen LogP contribution is 2.25. The summed E-state index contributed by atoms with van der Waals surface area (Å²) in [5.41, 5.74) is 5.22. The summed E-state index contributed by atoms with van der Waals surface area (Å²) >= 11 is 0. The summed E-state index contributed by atoms with van der Waals surface area (Å²) in [7, 11) is 0. The molecule has 1 atom stereocenters. The van der Waals surface area contributed by atoms with Crippen molar-refractivity contribution in [3.05, 3.63) is 88.9 Å². The van der Waals surface area contributed by atoms with E-state index in [9.17, 15) is 14.7 Å². The molecule has 8 nitrogen and oxygen atoms in total. The Kier molecular flexibility index (Phi) is 6.86. The number of nitrogens with zero attached hydrogens (tertiary/aromatic N) is 3. The number of amides is 2. The van der Waals surface area contributed by atoms with Gasteiger partial charge in [0.25, 0.3) is 5.91 Å². The van der Waals surface area contributed by atoms with Crippen molar-refractivity contribution in [1.29, 1.82) is 0 Å². The summed E-state index contributed by atoms with van der Waals surface area (Å²) in [6.07, 6.45) is 3.62. The van der Waals surface area contributed by atoms with Gasteiger partial charge >= 0.3 is 0 Å². The Balaban J connectivity index is 1.31. The van der Waals surface area contributed by atoms with E-state index in [-0.39, 0.29) is 24.5 Å². The topological polar surface area (TPSA) is 103 Å². The van der Waals surface area contributed by atoms with Gasteiger partial charge in [-0.25, -0.2) is 0 Å². The maximum atomic E-state index is 13.2. The molecule has 36 heavy (non-hydrogen) atoms. The number of para-hydroxylation sites is 1. The minimum absolute atomic E-state index is 0.0600. The van der Waals surface area contributed by atoms with Crippen LogP contribution in [0.5, 0.6) is 0 Å². The second-order valence-corrected chi connectivity index (χ2v) is 9.25. The number of fused-ring (bicyclic) bond motifs is 2. The van der Waals surface area contributed by atoms with Gasteiger partial charge in [0, 0.05) is 54.3 Å². The summed E-state index contributed by atoms with van der Waals surface area (Å²) in [5.74, 6) is -0.211. The predicted octanol–water partition coefficient (Wildman–Crippen LogP) is 3.37. The lowest BCUT2D eigenvalue weighted by Crippen LogP contribution is -2.37. The molecule has 0 spiro atoms. The van der Waals surface area contributed by atoms with E-state index >= 15 is 0 Å². The second kappa shape index (κ2) is 10.4. The van der Waals surface area contributed by atoms with Gasteiger partial charge in [0.2, 0.25) is 5.91 Å². The molecule has 0 fully saturated rings. The van der Waals surface area contributed by atoms with Crippen molar-refractivity contribution in [2.75, 3.05) is 13.2 Å². The third-order valence-electron chi connectivity index (χ3n) is 6.94. The molecule has 0 saturated carbocycles. The van der Waals surface area contributed by atoms with Crippen LogP contribution in [0, 0.1) is 0 Å². The number of nitrogens with one attached hydrogen (secondary N) is 2. The largest absolute Gasteiger partial charge is 0.394 e. The maximum absolute atomic E-state index is 13.2. The fourth-order valence-corrected chi connectivity index (χ4v) is 4.99. The summed E-state index contributed by atoms with van der Waals surface area (Å²) < 4.78 is 1.71. The molecule has 2 amide bonds. The van der Waals surface area contributed by atoms with Crippen molar-refractivity contribution in [2.24, 2.45) is 0 Å². The van der Waals surface area contributed by atoms with Gasteiger partial charge in [-0.05, 0) is 30.5 Å². The van der Waals surface area contributed by atoms with Crippen LogP contribution in [0.25, 0.3) is 10.9 Å². The van der Waals surface area contributed by atoms with E-state index in [1.54, 1.807) is 4.68 Å². The van der Waals surface area contributed by atoms with Crippen LogP contribution < -0.4 is 5.32 Å². The standard InChI is InChI=1S/C28H31N5O3/c1-19(20-7-3-2-4-8-20)30-28(36)27-23-18-32(14-13-25(23)33(31-27)15-16-34)26(35)12-11-21-17-29-24-10-6-5-9-22(21)24/h2-10,17,19,29,34H,11-16,18H2,1H3,(H,30,36). The van der Waals surface area contributed by atoms with Gasteiger partial charge in [0.05, 0.1) is 19.2 Å². The number of aromatic amines is 1. The summed E-state index contributed by atoms with van der Waals surface area (Å²) in [6, 6.07) is 17.7. The van der Waals surface area contributed by atoms with Gasteiger partial charge in [0.15, 0.2) is 5.69 Å². The Bertz CT molecular complexity index is 1370. The smallest absolute Gasteiger partial charge is 0.272 e. The van der Waals surface area contributed by atoms with Gasteiger partial charge in [-0.15, -0.1) is 0 Å². The van der Waals surface area contributed by atoms with E-state index in [1.807, 2.05) is 66.6 Å². The number of aryl methyl sites for hydroxylation is 1. The first-order valence-electron chi connectivity index (χ1n) is 12.4. The zero-order chi connectivity index (χ0) is 25.1. The van der Waals surface area contributed by atoms with Gasteiger partial charge in [0.1, 0.15) is 0 Å². The second-order valence-electron chi connectivity index (χ2n) is 9.25. The highest BCUT2D eigenvalue weighted by molar-refractivity contribution is 5.94. The number of H-pyrrole nitrogens is 1. The quantitative estimate of drug-likeness (QED) is 0.356. The lowest BCUT2D eigenvalue weighted by molar-refractivity contribution is -0.132. The van der Waals surface area contributed by atoms with E-state index in [4.69, 9.17) is 0 Å². The van der Waals surface area contributed by atoms with Crippen LogP contribution in [0.15, 0.2) is 60.8 Å². The maximum Gasteiger partial charge on any atom is 0.272 e. The molecule has 1 aliphatic rings. The fraction of sp³-hybridized carbons (Fsp3) is 0.321. The van der Waals surface area contributed by atoms with Crippen molar-refractivity contribution in [3.63, 3.8) is 0 Å². The summed E-state index contributed by atoms with van der Waals surface area (Å²) in [4.78, 5) is 31.5. The number of hydrogen-bond donors (Lipinski definition) is 3. The summed E-state index contributed by atoms with van der Waals surface area (Å²) in [5, 5.41) is 18.2. The highest BCUT2D eigenvalue weighted by atomic mass is 16.3. The monoisotopic (exact) mass is 485 g/mol. The average Bonchev–Trinajstić information content (AvgIpc) is 3.49. The van der Waals surface area contributed by atoms with Crippen LogP contribution in [0.2, 0.25) is 0 Å². The van der Waals surface area contributed by atoms with Crippen LogP contribution in [-0.4, -0.2) is 49.7 Å². The number of benzene rings is 2. The van der Waals surface area contributed by atoms with E-state index in [0.717, 1.165) is 33.3 Å². The lowest BCUT2D eigenvalue weighted by Gasteiger charge is -2.28. The Morgan fingerprint density at radius 1 is 1.14 bits per heavy atom. The number of aliphatic hydroxyl groups excluding tert-OH is 1. The number of aliphatic hydroxyl groups is 1. The highest BCUT2D eigenvalue weighted by Gasteiger charge is 2.30. The minimum atomic E-state index is -0.271. The predicted molar refractivity (Wildman–Crippen MR) is 137 cm³/mol. The SMILES string of the molecule is CC(NC(=O)c1nn(CCO)c2c1CN(C(=O)CCc1c[nH]c3ccccc13)CC2)c1ccccc1. The first-order valence-corrected chi connectivity index (χ1v) is 12.4. The number of carbonyl (C=O) groups excluding carboxylic acids is 2. The van der Waals surface area contributed by atoms with Crippen LogP contribution in [0.4, 0.5) is 0 Å². The molecule has 2 aromatic carbocycles. The number of carbonyl (C=O) groups is 2. The van der Waals surface area contributed by atoms with Crippen molar-refractivity contribution < 1.29 is 14.7 Å². The van der Waals surface area contributed by atoms with Crippen LogP contribution >= 0.6 is 0 Å². The first kappa shape index (κ1) is 23.8. The first-order chi connectivity index (χ1) is 17.5. The zero-order valence-corrected chi connectivity index (χ0v) is 20.4. The molecule has 1 aliphatic heterocycles. The van der Waals surface area contributed by atoms with E-state index < -0.39 is 0 Å². The van der Waals surface area contributed by atoms with Crippen molar-refractivity contribution in [1.82, 2.24) is 25.0 Å². The van der Waals surface area contributed by atoms with Gasteiger partial charge < -0.3 is 20.3 Å². The van der Waals surface area contributed by atoms with Crippen LogP contribution in [-0.2, 0) is 30.7 Å². The number of rotatable bonds is 8. The molecule has 186 valence electrons. The van der Waals surface area contributed by atoms with Crippen molar-refractivity contribution in [3.8, 4) is 0 Å². The van der Waals surface area contributed by atoms with Crippen molar-refractivity contribution in [2.45, 2.75) is 45.3 Å². The fourth-order valence-electron chi connectivity index (χ4n) is 4.99. The molecule has 8 heteroatoms. The van der Waals surface area contributed by atoms with Crippen molar-refractivity contribution >= 4 is 22.7 Å². The molecule has 5 rings (SSSR count). The Morgan fingerprint density at radius 3 is 2.72 bits per heavy atom. The third-order valence-corrected chi connectivity index (χ3v) is 6.94. The Labute approximate surface area is 209 Å². The Morgan fingerprint density at radius 2 is 1.92 bits per heavy atom. The van der Waals surface area contributed by atoms with E-state index in [0.29, 0.717) is 44.6 Å². The molecule has 0 saturated heterocycles. The molecule has 1 unspecified atom stereocenters. The van der Waals surface area contributed by atoms with Gasteiger partial charge in [-0.1, -0.05) is 48.5 Å². The average molecular weight is 486 g/mol. The number of hydrogen-bond acceptors (Lipinski definition) is 4. The molecule has 4 aromatic rings. The summed E-state index contributed by atoms with van der Waals surface area (Å²) in [6.45, 7) is 3.10.